The largest absolute Gasteiger partial charge is 0.479 e. The molecule has 0 amide bonds. The molecule has 0 saturated carbocycles. The fourth-order valence-corrected chi connectivity index (χ4v) is 5.92. The number of hydrogen-bond acceptors (Lipinski definition) is 9. The first-order chi connectivity index (χ1) is 17.7. The zero-order valence-corrected chi connectivity index (χ0v) is 21.9. The lowest BCUT2D eigenvalue weighted by molar-refractivity contribution is -0.136. The summed E-state index contributed by atoms with van der Waals surface area (Å²) in [6, 6.07) is 7.63. The second kappa shape index (κ2) is 10.7. The minimum absolute atomic E-state index is 0.149. The van der Waals surface area contributed by atoms with Crippen LogP contribution in [0.3, 0.4) is 0 Å². The van der Waals surface area contributed by atoms with Crippen molar-refractivity contribution < 1.29 is 18.3 Å². The van der Waals surface area contributed by atoms with E-state index in [9.17, 15) is 18.3 Å². The molecule has 4 rings (SSSR count). The van der Waals surface area contributed by atoms with Gasteiger partial charge >= 0.3 is 5.97 Å². The first-order valence-electron chi connectivity index (χ1n) is 12.1. The number of pyridine rings is 1. The lowest BCUT2D eigenvalue weighted by Gasteiger charge is -2.37. The number of anilines is 2. The number of nitrogens with zero attached hydrogens (tertiary/aromatic N) is 5. The SMILES string of the molecule is C=CCS(=O)(=O)C1=C(c2ccc(N3CCN(C)CC3)c(CC)c2)N(c2cccnc2)C(C(=O)O)C(N)=N1. The molecule has 1 saturated heterocycles. The van der Waals surface area contributed by atoms with Crippen molar-refractivity contribution in [3.05, 3.63) is 71.5 Å². The average molecular weight is 525 g/mol. The van der Waals surface area contributed by atoms with Crippen molar-refractivity contribution >= 4 is 38.7 Å². The van der Waals surface area contributed by atoms with Crippen LogP contribution in [0, 0.1) is 0 Å². The van der Waals surface area contributed by atoms with Crippen LogP contribution in [-0.4, -0.2) is 80.2 Å². The van der Waals surface area contributed by atoms with Crippen LogP contribution in [0.15, 0.2) is 65.4 Å². The number of carboxylic acids is 1. The quantitative estimate of drug-likeness (QED) is 0.497. The minimum atomic E-state index is -3.99. The van der Waals surface area contributed by atoms with Gasteiger partial charge in [-0.1, -0.05) is 19.1 Å². The second-order valence-electron chi connectivity index (χ2n) is 9.07. The van der Waals surface area contributed by atoms with Crippen LogP contribution < -0.4 is 15.5 Å². The summed E-state index contributed by atoms with van der Waals surface area (Å²) in [5.41, 5.74) is 9.26. The molecular weight excluding hydrogens is 492 g/mol. The number of carbonyl (C=O) groups is 1. The molecule has 0 radical (unpaired) electrons. The highest BCUT2D eigenvalue weighted by Gasteiger charge is 2.41. The Morgan fingerprint density at radius 2 is 1.97 bits per heavy atom. The van der Waals surface area contributed by atoms with Crippen LogP contribution in [0.1, 0.15) is 18.1 Å². The Hall–Kier alpha value is -3.70. The van der Waals surface area contributed by atoms with Crippen molar-refractivity contribution in [2.24, 2.45) is 10.7 Å². The van der Waals surface area contributed by atoms with Crippen LogP contribution in [-0.2, 0) is 21.1 Å². The van der Waals surface area contributed by atoms with E-state index in [2.05, 4.69) is 33.4 Å². The van der Waals surface area contributed by atoms with Crippen LogP contribution in [0.2, 0.25) is 0 Å². The number of rotatable bonds is 8. The van der Waals surface area contributed by atoms with Crippen molar-refractivity contribution in [3.8, 4) is 0 Å². The lowest BCUT2D eigenvalue weighted by atomic mass is 10.00. The van der Waals surface area contributed by atoms with Gasteiger partial charge in [0.15, 0.2) is 11.1 Å². The standard InChI is InChI=1S/C26H32N6O4S/c1-4-15-37(35,36)25-22(32(20-7-6-10-28-17-20)23(26(33)34)24(27)29-25)19-8-9-21(18(5-2)16-19)31-13-11-30(3)12-14-31/h4,6-10,16-17,23H,1,5,11-15H2,2-3H3,(H2,27,29)(H,33,34). The summed E-state index contributed by atoms with van der Waals surface area (Å²) in [6.07, 6.45) is 5.01. The van der Waals surface area contributed by atoms with Gasteiger partial charge in [-0.05, 0) is 43.3 Å². The number of aliphatic imine (C=N–C) groups is 1. The normalized spacial score (nSPS) is 19.1. The van der Waals surface area contributed by atoms with Crippen molar-refractivity contribution in [1.29, 1.82) is 0 Å². The molecular formula is C26H32N6O4S. The molecule has 196 valence electrons. The van der Waals surface area contributed by atoms with Gasteiger partial charge in [0.05, 0.1) is 23.3 Å². The second-order valence-corrected chi connectivity index (χ2v) is 11.0. The zero-order chi connectivity index (χ0) is 26.7. The van der Waals surface area contributed by atoms with E-state index in [1.54, 1.807) is 18.3 Å². The molecule has 1 aromatic carbocycles. The highest BCUT2D eigenvalue weighted by molar-refractivity contribution is 7.95. The summed E-state index contributed by atoms with van der Waals surface area (Å²) >= 11 is 0. The van der Waals surface area contributed by atoms with E-state index in [1.165, 1.54) is 17.2 Å². The number of aliphatic carboxylic acids is 1. The molecule has 1 unspecified atom stereocenters. The van der Waals surface area contributed by atoms with Crippen molar-refractivity contribution in [1.82, 2.24) is 9.88 Å². The van der Waals surface area contributed by atoms with Gasteiger partial charge < -0.3 is 25.5 Å². The molecule has 11 heteroatoms. The van der Waals surface area contributed by atoms with E-state index in [-0.39, 0.29) is 22.3 Å². The van der Waals surface area contributed by atoms with E-state index in [0.29, 0.717) is 17.7 Å². The maximum atomic E-state index is 13.4. The van der Waals surface area contributed by atoms with E-state index in [4.69, 9.17) is 5.73 Å². The Kier molecular flexibility index (Phi) is 7.65. The van der Waals surface area contributed by atoms with Gasteiger partial charge in [0.2, 0.25) is 9.84 Å². The van der Waals surface area contributed by atoms with Gasteiger partial charge in [-0.25, -0.2) is 18.2 Å². The van der Waals surface area contributed by atoms with Gasteiger partial charge in [0.1, 0.15) is 5.84 Å². The monoisotopic (exact) mass is 524 g/mol. The molecule has 10 nitrogen and oxygen atoms in total. The number of hydrogen-bond donors (Lipinski definition) is 2. The summed E-state index contributed by atoms with van der Waals surface area (Å²) in [6.45, 7) is 9.27. The zero-order valence-electron chi connectivity index (χ0n) is 21.0. The number of piperazine rings is 1. The predicted octanol–water partition coefficient (Wildman–Crippen LogP) is 1.95. The van der Waals surface area contributed by atoms with Gasteiger partial charge in [-0.15, -0.1) is 6.58 Å². The number of benzene rings is 1. The Bertz CT molecular complexity index is 1350. The molecule has 0 bridgehead atoms. The van der Waals surface area contributed by atoms with Crippen LogP contribution >= 0.6 is 0 Å². The number of sulfone groups is 1. The van der Waals surface area contributed by atoms with Crippen molar-refractivity contribution in [2.75, 3.05) is 48.8 Å². The molecule has 37 heavy (non-hydrogen) atoms. The molecule has 2 aliphatic rings. The van der Waals surface area contributed by atoms with Crippen LogP contribution in [0.25, 0.3) is 5.70 Å². The number of amidine groups is 1. The lowest BCUT2D eigenvalue weighted by Crippen LogP contribution is -2.52. The smallest absolute Gasteiger partial charge is 0.334 e. The van der Waals surface area contributed by atoms with Crippen LogP contribution in [0.5, 0.6) is 0 Å². The first kappa shape index (κ1) is 26.4. The maximum Gasteiger partial charge on any atom is 0.334 e. The summed E-state index contributed by atoms with van der Waals surface area (Å²) in [7, 11) is -1.89. The predicted molar refractivity (Wildman–Crippen MR) is 146 cm³/mol. The number of aromatic nitrogens is 1. The third kappa shape index (κ3) is 5.23. The molecule has 3 heterocycles. The first-order valence-corrected chi connectivity index (χ1v) is 13.7. The Morgan fingerprint density at radius 3 is 2.57 bits per heavy atom. The summed E-state index contributed by atoms with van der Waals surface area (Å²) in [5, 5.41) is 9.82. The number of nitrogens with two attached hydrogens (primary N) is 1. The molecule has 3 N–H and O–H groups in total. The fraction of sp³-hybridized carbons (Fsp3) is 0.346. The number of carboxylic acid groups (broad SMARTS) is 1. The molecule has 0 aliphatic carbocycles. The van der Waals surface area contributed by atoms with Crippen molar-refractivity contribution in [2.45, 2.75) is 19.4 Å². The Balaban J connectivity index is 1.96. The van der Waals surface area contributed by atoms with Gasteiger partial charge in [0.25, 0.3) is 0 Å². The highest BCUT2D eigenvalue weighted by atomic mass is 32.2. The Morgan fingerprint density at radius 1 is 1.24 bits per heavy atom. The van der Waals surface area contributed by atoms with Crippen molar-refractivity contribution in [3.63, 3.8) is 0 Å². The van der Waals surface area contributed by atoms with E-state index in [0.717, 1.165) is 37.4 Å². The number of aryl methyl sites for hydroxylation is 1. The van der Waals surface area contributed by atoms with Gasteiger partial charge in [-0.3, -0.25) is 4.98 Å². The maximum absolute atomic E-state index is 13.4. The minimum Gasteiger partial charge on any atom is -0.479 e. The van der Waals surface area contributed by atoms with Gasteiger partial charge in [-0.2, -0.15) is 0 Å². The summed E-state index contributed by atoms with van der Waals surface area (Å²) in [5.74, 6) is -1.96. The summed E-state index contributed by atoms with van der Waals surface area (Å²) < 4.78 is 26.7. The van der Waals surface area contributed by atoms with E-state index >= 15 is 0 Å². The fourth-order valence-electron chi connectivity index (χ4n) is 4.69. The number of likely N-dealkylation sites (N-methyl/N-ethyl adjacent to an activating group) is 1. The summed E-state index contributed by atoms with van der Waals surface area (Å²) in [4.78, 5) is 26.7. The molecule has 1 atom stereocenters. The third-order valence-electron chi connectivity index (χ3n) is 6.58. The van der Waals surface area contributed by atoms with E-state index < -0.39 is 21.8 Å². The molecule has 0 spiro atoms. The molecule has 2 aromatic rings. The molecule has 1 fully saturated rings. The highest BCUT2D eigenvalue weighted by Crippen LogP contribution is 2.38. The van der Waals surface area contributed by atoms with Gasteiger partial charge in [0, 0.05) is 43.6 Å². The topological polar surface area (TPSA) is 132 Å². The molecule has 1 aromatic heterocycles. The third-order valence-corrected chi connectivity index (χ3v) is 8.13. The van der Waals surface area contributed by atoms with E-state index in [1.807, 2.05) is 25.1 Å². The molecule has 2 aliphatic heterocycles. The average Bonchev–Trinajstić information content (AvgIpc) is 2.88. The Labute approximate surface area is 217 Å². The van der Waals surface area contributed by atoms with Crippen LogP contribution in [0.4, 0.5) is 11.4 Å².